The van der Waals surface area contributed by atoms with Crippen LogP contribution in [0.1, 0.15) is 13.3 Å². The van der Waals surface area contributed by atoms with Gasteiger partial charge in [-0.05, 0) is 6.42 Å². The highest BCUT2D eigenvalue weighted by Gasteiger charge is 1.96. The molecule has 0 aromatic carbocycles. The Labute approximate surface area is 48.2 Å². The smallest absolute Gasteiger partial charge is 0.0846 e. The Hall–Kier alpha value is -1.04. The van der Waals surface area contributed by atoms with Crippen LogP contribution >= 0.6 is 0 Å². The van der Waals surface area contributed by atoms with Crippen LogP contribution in [0.15, 0.2) is 5.16 Å². The molecule has 1 atom stereocenters. The van der Waals surface area contributed by atoms with E-state index in [2.05, 4.69) is 5.16 Å². The van der Waals surface area contributed by atoms with E-state index in [-0.39, 0.29) is 5.92 Å². The first-order valence-electron chi connectivity index (χ1n) is 2.42. The summed E-state index contributed by atoms with van der Waals surface area (Å²) < 4.78 is 0. The molecule has 8 heavy (non-hydrogen) atoms. The van der Waals surface area contributed by atoms with Crippen LogP contribution in [0.5, 0.6) is 0 Å². The first kappa shape index (κ1) is 6.96. The van der Waals surface area contributed by atoms with Crippen LogP contribution in [-0.4, -0.2) is 11.4 Å². The van der Waals surface area contributed by atoms with Gasteiger partial charge in [-0.25, -0.2) is 0 Å². The zero-order valence-electron chi connectivity index (χ0n) is 4.70. The molecule has 3 heteroatoms. The van der Waals surface area contributed by atoms with Gasteiger partial charge < -0.3 is 5.21 Å². The van der Waals surface area contributed by atoms with Crippen molar-refractivity contribution < 1.29 is 5.21 Å². The Morgan fingerprint density at radius 3 is 2.75 bits per heavy atom. The maximum Gasteiger partial charge on any atom is 0.0846 e. The Balaban J connectivity index is 3.57. The summed E-state index contributed by atoms with van der Waals surface area (Å²) in [6.45, 7) is 1.86. The summed E-state index contributed by atoms with van der Waals surface area (Å²) in [5.41, 5.74) is 0. The van der Waals surface area contributed by atoms with E-state index in [1.54, 1.807) is 0 Å². The summed E-state index contributed by atoms with van der Waals surface area (Å²) in [6, 6.07) is 1.94. The van der Waals surface area contributed by atoms with E-state index < -0.39 is 0 Å². The first-order chi connectivity index (χ1) is 3.85. The van der Waals surface area contributed by atoms with Crippen molar-refractivity contribution in [2.24, 2.45) is 11.1 Å². The van der Waals surface area contributed by atoms with E-state index in [4.69, 9.17) is 10.5 Å². The fourth-order valence-electron chi connectivity index (χ4n) is 0.311. The molecule has 0 saturated carbocycles. The summed E-state index contributed by atoms with van der Waals surface area (Å²) in [4.78, 5) is 0. The van der Waals surface area contributed by atoms with E-state index in [9.17, 15) is 0 Å². The lowest BCUT2D eigenvalue weighted by molar-refractivity contribution is 0.319. The van der Waals surface area contributed by atoms with Crippen molar-refractivity contribution in [1.29, 1.82) is 5.26 Å². The van der Waals surface area contributed by atoms with Gasteiger partial charge in [0.05, 0.1) is 18.2 Å². The van der Waals surface area contributed by atoms with Crippen molar-refractivity contribution >= 4 is 6.21 Å². The number of hydrogen-bond acceptors (Lipinski definition) is 3. The number of rotatable bonds is 2. The van der Waals surface area contributed by atoms with Crippen molar-refractivity contribution in [2.75, 3.05) is 0 Å². The molecule has 44 valence electrons. The first-order valence-corrected chi connectivity index (χ1v) is 2.42. The number of oxime groups is 1. The highest BCUT2D eigenvalue weighted by molar-refractivity contribution is 5.62. The van der Waals surface area contributed by atoms with Gasteiger partial charge in [-0.2, -0.15) is 5.26 Å². The molecular formula is C5H8N2O. The molecule has 0 bridgehead atoms. The Bertz CT molecular complexity index is 114. The normalized spacial score (nSPS) is 13.5. The van der Waals surface area contributed by atoms with Gasteiger partial charge in [0.25, 0.3) is 0 Å². The SMILES string of the molecule is CCC(C#N)C=NO. The van der Waals surface area contributed by atoms with Crippen LogP contribution in [0.2, 0.25) is 0 Å². The Morgan fingerprint density at radius 2 is 2.62 bits per heavy atom. The zero-order valence-corrected chi connectivity index (χ0v) is 4.70. The third kappa shape index (κ3) is 2.19. The topological polar surface area (TPSA) is 56.4 Å². The van der Waals surface area contributed by atoms with Crippen LogP contribution < -0.4 is 0 Å². The molecule has 0 amide bonds. The van der Waals surface area contributed by atoms with Gasteiger partial charge in [-0.1, -0.05) is 6.92 Å². The van der Waals surface area contributed by atoms with E-state index >= 15 is 0 Å². The minimum atomic E-state index is -0.236. The maximum atomic E-state index is 8.20. The molecule has 3 nitrogen and oxygen atoms in total. The van der Waals surface area contributed by atoms with Crippen molar-refractivity contribution in [2.45, 2.75) is 13.3 Å². The Kier molecular flexibility index (Phi) is 3.59. The lowest BCUT2D eigenvalue weighted by Crippen LogP contribution is -1.94. The van der Waals surface area contributed by atoms with Gasteiger partial charge >= 0.3 is 0 Å². The Morgan fingerprint density at radius 1 is 2.00 bits per heavy atom. The van der Waals surface area contributed by atoms with E-state index in [1.807, 2.05) is 13.0 Å². The van der Waals surface area contributed by atoms with Crippen LogP contribution in [0.4, 0.5) is 0 Å². The van der Waals surface area contributed by atoms with Gasteiger partial charge in [-0.15, -0.1) is 5.16 Å². The lowest BCUT2D eigenvalue weighted by Gasteiger charge is -1.90. The van der Waals surface area contributed by atoms with Crippen molar-refractivity contribution in [3.63, 3.8) is 0 Å². The standard InChI is InChI=1S/C5H8N2O/c1-2-5(3-6)4-7-8/h4-5,8H,2H2,1H3. The predicted molar refractivity (Wildman–Crippen MR) is 29.7 cm³/mol. The summed E-state index contributed by atoms with van der Waals surface area (Å²) in [5.74, 6) is -0.236. The van der Waals surface area contributed by atoms with Crippen LogP contribution in [0.25, 0.3) is 0 Å². The highest BCUT2D eigenvalue weighted by Crippen LogP contribution is 1.93. The molecule has 0 radical (unpaired) electrons. The number of nitrogens with zero attached hydrogens (tertiary/aromatic N) is 2. The summed E-state index contributed by atoms with van der Waals surface area (Å²) in [6.07, 6.45) is 1.92. The lowest BCUT2D eigenvalue weighted by atomic mass is 10.1. The monoisotopic (exact) mass is 112 g/mol. The largest absolute Gasteiger partial charge is 0.411 e. The average molecular weight is 112 g/mol. The average Bonchev–Trinajstić information content (AvgIpc) is 1.83. The van der Waals surface area contributed by atoms with Gasteiger partial charge in [-0.3, -0.25) is 0 Å². The van der Waals surface area contributed by atoms with Crippen LogP contribution in [0, 0.1) is 17.2 Å². The second-order valence-corrected chi connectivity index (χ2v) is 1.41. The van der Waals surface area contributed by atoms with E-state index in [0.717, 1.165) is 0 Å². The van der Waals surface area contributed by atoms with Crippen LogP contribution in [-0.2, 0) is 0 Å². The van der Waals surface area contributed by atoms with Crippen molar-refractivity contribution in [1.82, 2.24) is 0 Å². The second kappa shape index (κ2) is 4.13. The molecule has 0 rings (SSSR count). The zero-order chi connectivity index (χ0) is 6.41. The summed E-state index contributed by atoms with van der Waals surface area (Å²) in [5, 5.41) is 18.9. The van der Waals surface area contributed by atoms with Crippen molar-refractivity contribution in [3.05, 3.63) is 0 Å². The molecule has 0 saturated heterocycles. The molecule has 0 aliphatic rings. The molecule has 0 spiro atoms. The molecule has 1 N–H and O–H groups in total. The minimum absolute atomic E-state index is 0.236. The quantitative estimate of drug-likeness (QED) is 0.329. The molecular weight excluding hydrogens is 104 g/mol. The van der Waals surface area contributed by atoms with E-state index in [1.165, 1.54) is 6.21 Å². The number of hydrogen-bond donors (Lipinski definition) is 1. The summed E-state index contributed by atoms with van der Waals surface area (Å²) in [7, 11) is 0. The molecule has 1 unspecified atom stereocenters. The number of nitriles is 1. The fraction of sp³-hybridized carbons (Fsp3) is 0.600. The van der Waals surface area contributed by atoms with Crippen molar-refractivity contribution in [3.8, 4) is 6.07 Å². The van der Waals surface area contributed by atoms with Gasteiger partial charge in [0.1, 0.15) is 0 Å². The highest BCUT2D eigenvalue weighted by atomic mass is 16.4. The van der Waals surface area contributed by atoms with Gasteiger partial charge in [0.2, 0.25) is 0 Å². The fourth-order valence-corrected chi connectivity index (χ4v) is 0.311. The molecule has 0 heterocycles. The maximum absolute atomic E-state index is 8.20. The molecule has 0 aliphatic heterocycles. The molecule has 0 aliphatic carbocycles. The van der Waals surface area contributed by atoms with Gasteiger partial charge in [0.15, 0.2) is 0 Å². The van der Waals surface area contributed by atoms with Crippen LogP contribution in [0.3, 0.4) is 0 Å². The third-order valence-corrected chi connectivity index (χ3v) is 0.852. The molecule has 0 fully saturated rings. The predicted octanol–water partition coefficient (Wildman–Crippen LogP) is 0.996. The second-order valence-electron chi connectivity index (χ2n) is 1.41. The minimum Gasteiger partial charge on any atom is -0.411 e. The summed E-state index contributed by atoms with van der Waals surface area (Å²) >= 11 is 0. The van der Waals surface area contributed by atoms with E-state index in [0.29, 0.717) is 6.42 Å². The molecule has 0 aromatic rings. The third-order valence-electron chi connectivity index (χ3n) is 0.852. The van der Waals surface area contributed by atoms with Gasteiger partial charge in [0, 0.05) is 0 Å². The molecule has 0 aromatic heterocycles.